The van der Waals surface area contributed by atoms with E-state index in [9.17, 15) is 0 Å². The summed E-state index contributed by atoms with van der Waals surface area (Å²) in [6.07, 6.45) is 0. The fraction of sp³-hybridized carbons (Fsp3) is 0.500. The minimum absolute atomic E-state index is 0.0400. The Kier molecular flexibility index (Phi) is 4.77. The smallest absolute Gasteiger partial charge is 0.123 e. The zero-order valence-corrected chi connectivity index (χ0v) is 11.8. The average molecular weight is 287 g/mol. The van der Waals surface area contributed by atoms with Crippen LogP contribution in [0.4, 0.5) is 0 Å². The number of likely N-dealkylation sites (N-methyl/N-ethyl adjacent to an activating group) is 1. The van der Waals surface area contributed by atoms with E-state index in [0.717, 1.165) is 15.8 Å². The summed E-state index contributed by atoms with van der Waals surface area (Å²) < 4.78 is 6.42. The van der Waals surface area contributed by atoms with Gasteiger partial charge in [0.15, 0.2) is 0 Å². The van der Waals surface area contributed by atoms with E-state index in [-0.39, 0.29) is 12.1 Å². The molecule has 0 saturated carbocycles. The maximum atomic E-state index is 6.03. The van der Waals surface area contributed by atoms with Gasteiger partial charge in [0.25, 0.3) is 0 Å². The first-order valence-corrected chi connectivity index (χ1v) is 6.02. The van der Waals surface area contributed by atoms with Crippen molar-refractivity contribution in [2.24, 2.45) is 5.73 Å². The summed E-state index contributed by atoms with van der Waals surface area (Å²) in [5, 5.41) is 0. The van der Waals surface area contributed by atoms with Crippen LogP contribution in [-0.4, -0.2) is 32.1 Å². The van der Waals surface area contributed by atoms with Gasteiger partial charge in [-0.3, -0.25) is 0 Å². The molecule has 0 saturated heterocycles. The van der Waals surface area contributed by atoms with Crippen molar-refractivity contribution in [1.82, 2.24) is 4.90 Å². The number of hydrogen-bond acceptors (Lipinski definition) is 3. The molecule has 0 aromatic heterocycles. The Morgan fingerprint density at radius 1 is 1.38 bits per heavy atom. The van der Waals surface area contributed by atoms with Gasteiger partial charge in [0.05, 0.1) is 13.2 Å². The van der Waals surface area contributed by atoms with Gasteiger partial charge in [-0.05, 0) is 39.2 Å². The standard InChI is InChI=1S/C12H19BrN2O/c1-8(14)12(15(2)3)10-7-9(13)5-6-11(10)16-4/h5-8,12H,14H2,1-4H3. The van der Waals surface area contributed by atoms with Gasteiger partial charge in [0, 0.05) is 16.1 Å². The first-order chi connectivity index (χ1) is 7.47. The highest BCUT2D eigenvalue weighted by atomic mass is 79.9. The van der Waals surface area contributed by atoms with Crippen molar-refractivity contribution < 1.29 is 4.74 Å². The van der Waals surface area contributed by atoms with Crippen LogP contribution in [0.2, 0.25) is 0 Å². The minimum Gasteiger partial charge on any atom is -0.496 e. The Balaban J connectivity index is 3.21. The third-order valence-corrected chi connectivity index (χ3v) is 3.06. The lowest BCUT2D eigenvalue weighted by Crippen LogP contribution is -2.35. The molecule has 0 radical (unpaired) electrons. The van der Waals surface area contributed by atoms with Crippen LogP contribution in [-0.2, 0) is 0 Å². The molecule has 0 aliphatic carbocycles. The van der Waals surface area contributed by atoms with E-state index in [1.165, 1.54) is 0 Å². The first kappa shape index (κ1) is 13.5. The molecule has 2 unspecified atom stereocenters. The molecule has 16 heavy (non-hydrogen) atoms. The van der Waals surface area contributed by atoms with Crippen molar-refractivity contribution in [3.8, 4) is 5.75 Å². The van der Waals surface area contributed by atoms with Gasteiger partial charge in [-0.1, -0.05) is 15.9 Å². The molecule has 0 bridgehead atoms. The molecule has 1 rings (SSSR count). The van der Waals surface area contributed by atoms with Gasteiger partial charge >= 0.3 is 0 Å². The molecule has 0 spiro atoms. The number of rotatable bonds is 4. The lowest BCUT2D eigenvalue weighted by atomic mass is 9.99. The van der Waals surface area contributed by atoms with Crippen molar-refractivity contribution in [2.75, 3.05) is 21.2 Å². The van der Waals surface area contributed by atoms with Crippen LogP contribution in [0.25, 0.3) is 0 Å². The Morgan fingerprint density at radius 3 is 2.44 bits per heavy atom. The second-order valence-corrected chi connectivity index (χ2v) is 5.07. The van der Waals surface area contributed by atoms with Gasteiger partial charge in [-0.2, -0.15) is 0 Å². The van der Waals surface area contributed by atoms with E-state index in [2.05, 4.69) is 26.9 Å². The van der Waals surface area contributed by atoms with E-state index in [4.69, 9.17) is 10.5 Å². The summed E-state index contributed by atoms with van der Waals surface area (Å²) in [5.74, 6) is 0.874. The molecule has 0 amide bonds. The van der Waals surface area contributed by atoms with Crippen LogP contribution in [0.15, 0.2) is 22.7 Å². The van der Waals surface area contributed by atoms with Crippen LogP contribution in [0.3, 0.4) is 0 Å². The topological polar surface area (TPSA) is 38.5 Å². The lowest BCUT2D eigenvalue weighted by molar-refractivity contribution is 0.258. The highest BCUT2D eigenvalue weighted by Crippen LogP contribution is 2.32. The second kappa shape index (κ2) is 5.66. The van der Waals surface area contributed by atoms with Gasteiger partial charge in [-0.15, -0.1) is 0 Å². The lowest BCUT2D eigenvalue weighted by Gasteiger charge is -2.29. The zero-order chi connectivity index (χ0) is 12.3. The maximum Gasteiger partial charge on any atom is 0.123 e. The SMILES string of the molecule is COc1ccc(Br)cc1C(C(C)N)N(C)C. The molecule has 1 aromatic rings. The highest BCUT2D eigenvalue weighted by Gasteiger charge is 2.22. The monoisotopic (exact) mass is 286 g/mol. The van der Waals surface area contributed by atoms with Crippen molar-refractivity contribution in [1.29, 1.82) is 0 Å². The molecule has 90 valence electrons. The number of halogens is 1. The van der Waals surface area contributed by atoms with Gasteiger partial charge in [0.1, 0.15) is 5.75 Å². The Hall–Kier alpha value is -0.580. The largest absolute Gasteiger partial charge is 0.496 e. The fourth-order valence-electron chi connectivity index (χ4n) is 1.97. The number of ether oxygens (including phenoxy) is 1. The van der Waals surface area contributed by atoms with Crippen molar-refractivity contribution in [2.45, 2.75) is 19.0 Å². The van der Waals surface area contributed by atoms with Crippen molar-refractivity contribution in [3.05, 3.63) is 28.2 Å². The molecule has 3 nitrogen and oxygen atoms in total. The van der Waals surface area contributed by atoms with Crippen LogP contribution in [0, 0.1) is 0 Å². The number of nitrogens with zero attached hydrogens (tertiary/aromatic N) is 1. The number of methoxy groups -OCH3 is 1. The molecule has 4 heteroatoms. The molecule has 2 atom stereocenters. The third-order valence-electron chi connectivity index (χ3n) is 2.56. The molecule has 0 fully saturated rings. The van der Waals surface area contributed by atoms with Gasteiger partial charge in [-0.25, -0.2) is 0 Å². The number of benzene rings is 1. The normalized spacial score (nSPS) is 14.9. The van der Waals surface area contributed by atoms with Crippen LogP contribution in [0.1, 0.15) is 18.5 Å². The van der Waals surface area contributed by atoms with Crippen molar-refractivity contribution >= 4 is 15.9 Å². The summed E-state index contributed by atoms with van der Waals surface area (Å²) in [7, 11) is 5.73. The molecule has 2 N–H and O–H groups in total. The summed E-state index contributed by atoms with van der Waals surface area (Å²) >= 11 is 3.48. The Labute approximate surface area is 106 Å². The molecular weight excluding hydrogens is 268 g/mol. The first-order valence-electron chi connectivity index (χ1n) is 5.22. The molecule has 1 aromatic carbocycles. The number of hydrogen-bond donors (Lipinski definition) is 1. The van der Waals surface area contributed by atoms with E-state index in [0.29, 0.717) is 0 Å². The maximum absolute atomic E-state index is 6.03. The van der Waals surface area contributed by atoms with E-state index >= 15 is 0 Å². The Morgan fingerprint density at radius 2 is 2.00 bits per heavy atom. The molecule has 0 heterocycles. The zero-order valence-electron chi connectivity index (χ0n) is 10.2. The molecule has 0 aliphatic heterocycles. The Bertz CT molecular complexity index is 345. The second-order valence-electron chi connectivity index (χ2n) is 4.15. The van der Waals surface area contributed by atoms with Crippen molar-refractivity contribution in [3.63, 3.8) is 0 Å². The molecular formula is C12H19BrN2O. The average Bonchev–Trinajstić information content (AvgIpc) is 2.17. The summed E-state index contributed by atoms with van der Waals surface area (Å²) in [6.45, 7) is 2.00. The van der Waals surface area contributed by atoms with E-state index < -0.39 is 0 Å². The highest BCUT2D eigenvalue weighted by molar-refractivity contribution is 9.10. The predicted octanol–water partition coefficient (Wildman–Crippen LogP) is 2.41. The minimum atomic E-state index is 0.0400. The third kappa shape index (κ3) is 2.97. The van der Waals surface area contributed by atoms with Gasteiger partial charge < -0.3 is 15.4 Å². The van der Waals surface area contributed by atoms with Crippen LogP contribution < -0.4 is 10.5 Å². The summed E-state index contributed by atoms with van der Waals surface area (Å²) in [6, 6.07) is 6.17. The van der Waals surface area contributed by atoms with Crippen LogP contribution >= 0.6 is 15.9 Å². The van der Waals surface area contributed by atoms with Gasteiger partial charge in [0.2, 0.25) is 0 Å². The van der Waals surface area contributed by atoms with E-state index in [1.54, 1.807) is 7.11 Å². The van der Waals surface area contributed by atoms with Crippen LogP contribution in [0.5, 0.6) is 5.75 Å². The molecule has 0 aliphatic rings. The fourth-order valence-corrected chi connectivity index (χ4v) is 2.35. The summed E-state index contributed by atoms with van der Waals surface area (Å²) in [5.41, 5.74) is 7.14. The number of nitrogens with two attached hydrogens (primary N) is 1. The van der Waals surface area contributed by atoms with E-state index in [1.807, 2.05) is 33.2 Å². The quantitative estimate of drug-likeness (QED) is 0.924. The predicted molar refractivity (Wildman–Crippen MR) is 70.8 cm³/mol. The summed E-state index contributed by atoms with van der Waals surface area (Å²) in [4.78, 5) is 2.11.